The van der Waals surface area contributed by atoms with Gasteiger partial charge in [-0.05, 0) is 0 Å². The molecule has 3 rings (SSSR count). The summed E-state index contributed by atoms with van der Waals surface area (Å²) >= 11 is -0.0307. The van der Waals surface area contributed by atoms with Crippen molar-refractivity contribution in [2.45, 2.75) is 24.1 Å². The molecular formula is C16H22AsN3O. The van der Waals surface area contributed by atoms with Crippen molar-refractivity contribution in [2.24, 2.45) is 5.73 Å². The number of hydrogen-bond acceptors (Lipinski definition) is 4. The number of benzene rings is 1. The van der Waals surface area contributed by atoms with Crippen molar-refractivity contribution in [2.75, 3.05) is 20.1 Å². The van der Waals surface area contributed by atoms with Crippen LogP contribution in [0.4, 0.5) is 0 Å². The first kappa shape index (κ1) is 14.8. The molecule has 1 aromatic carbocycles. The molecule has 0 radical (unpaired) electrons. The maximum atomic E-state index is 5.55. The van der Waals surface area contributed by atoms with Gasteiger partial charge in [-0.15, -0.1) is 0 Å². The van der Waals surface area contributed by atoms with Crippen molar-refractivity contribution in [3.05, 3.63) is 36.1 Å². The Morgan fingerprint density at radius 3 is 2.62 bits per heavy atom. The molecule has 1 fully saturated rings. The van der Waals surface area contributed by atoms with Crippen molar-refractivity contribution >= 4 is 20.1 Å². The maximum absolute atomic E-state index is 5.55. The molecule has 0 aliphatic carbocycles. The van der Waals surface area contributed by atoms with Crippen molar-refractivity contribution < 1.29 is 4.52 Å². The van der Waals surface area contributed by atoms with Crippen molar-refractivity contribution in [1.29, 1.82) is 0 Å². The third-order valence-electron chi connectivity index (χ3n) is 4.03. The van der Waals surface area contributed by atoms with Crippen LogP contribution in [0.5, 0.6) is 0 Å². The zero-order chi connectivity index (χ0) is 14.7. The molecule has 0 amide bonds. The van der Waals surface area contributed by atoms with Crippen LogP contribution >= 0.6 is 0 Å². The predicted octanol–water partition coefficient (Wildman–Crippen LogP) is 1.38. The number of nitrogens with two attached hydrogens (primary N) is 1. The van der Waals surface area contributed by atoms with Gasteiger partial charge in [0.15, 0.2) is 0 Å². The molecule has 21 heavy (non-hydrogen) atoms. The molecular weight excluding hydrogens is 325 g/mol. The van der Waals surface area contributed by atoms with E-state index in [1.54, 1.807) is 0 Å². The van der Waals surface area contributed by atoms with Gasteiger partial charge < -0.3 is 0 Å². The second kappa shape index (κ2) is 6.78. The Hall–Kier alpha value is -1.09. The summed E-state index contributed by atoms with van der Waals surface area (Å²) in [5, 5.41) is 4.06. The van der Waals surface area contributed by atoms with Crippen LogP contribution in [0.15, 0.2) is 34.9 Å². The summed E-state index contributed by atoms with van der Waals surface area (Å²) in [6.07, 6.45) is 2.72. The zero-order valence-electron chi connectivity index (χ0n) is 12.4. The Bertz CT molecular complexity index is 573. The SMILES string of the molecule is CN1CCC([AsH]c2ccc(-c3cc(CN)on3)cc2)CC1. The third-order valence-corrected chi connectivity index (χ3v) is 7.50. The first-order valence-corrected chi connectivity index (χ1v) is 9.72. The van der Waals surface area contributed by atoms with Crippen LogP contribution in [0, 0.1) is 0 Å². The fourth-order valence-corrected chi connectivity index (χ4v) is 5.56. The molecule has 0 bridgehead atoms. The van der Waals surface area contributed by atoms with E-state index in [1.165, 1.54) is 30.3 Å². The minimum atomic E-state index is -0.0307. The quantitative estimate of drug-likeness (QED) is 0.849. The van der Waals surface area contributed by atoms with Gasteiger partial charge in [0, 0.05) is 0 Å². The molecule has 1 atom stereocenters. The molecule has 1 unspecified atom stereocenters. The van der Waals surface area contributed by atoms with Gasteiger partial charge >= 0.3 is 132 Å². The molecule has 2 heterocycles. The number of hydrogen-bond donors (Lipinski definition) is 1. The molecule has 1 aliphatic heterocycles. The van der Waals surface area contributed by atoms with Gasteiger partial charge in [-0.25, -0.2) is 0 Å². The van der Waals surface area contributed by atoms with Crippen LogP contribution in [0.1, 0.15) is 18.6 Å². The molecule has 0 spiro atoms. The average Bonchev–Trinajstić information content (AvgIpc) is 2.99. The molecule has 5 heteroatoms. The minimum absolute atomic E-state index is 0.0307. The second-order valence-electron chi connectivity index (χ2n) is 5.68. The van der Waals surface area contributed by atoms with Crippen LogP contribution in [-0.4, -0.2) is 45.9 Å². The standard InChI is InChI=1S/C16H22AsN3O/c1-20-8-6-14(7-9-20)17-13-4-2-12(3-5-13)16-10-15(11-18)21-19-16/h2-5,10,14,17H,6-9,11,18H2,1H3. The zero-order valence-corrected chi connectivity index (χ0v) is 14.5. The Balaban J connectivity index is 1.64. The normalized spacial score (nSPS) is 17.8. The van der Waals surface area contributed by atoms with Gasteiger partial charge in [-0.1, -0.05) is 0 Å². The molecule has 2 aromatic rings. The Morgan fingerprint density at radius 1 is 1.29 bits per heavy atom. The van der Waals surface area contributed by atoms with Crippen molar-refractivity contribution in [3.63, 3.8) is 0 Å². The fourth-order valence-electron chi connectivity index (χ4n) is 2.67. The van der Waals surface area contributed by atoms with E-state index >= 15 is 0 Å². The van der Waals surface area contributed by atoms with Gasteiger partial charge in [-0.3, -0.25) is 0 Å². The Labute approximate surface area is 132 Å². The van der Waals surface area contributed by atoms with E-state index in [-0.39, 0.29) is 15.8 Å². The van der Waals surface area contributed by atoms with E-state index in [4.69, 9.17) is 10.3 Å². The van der Waals surface area contributed by atoms with Crippen LogP contribution in [0.2, 0.25) is 4.71 Å². The molecule has 1 aliphatic rings. The van der Waals surface area contributed by atoms with E-state index < -0.39 is 0 Å². The molecule has 4 nitrogen and oxygen atoms in total. The number of rotatable bonds is 4. The first-order chi connectivity index (χ1) is 10.2. The topological polar surface area (TPSA) is 55.3 Å². The van der Waals surface area contributed by atoms with Crippen molar-refractivity contribution in [1.82, 2.24) is 10.1 Å². The monoisotopic (exact) mass is 347 g/mol. The van der Waals surface area contributed by atoms with Crippen LogP contribution in [-0.2, 0) is 6.54 Å². The Kier molecular flexibility index (Phi) is 4.79. The molecule has 1 aromatic heterocycles. The van der Waals surface area contributed by atoms with Gasteiger partial charge in [0.1, 0.15) is 0 Å². The van der Waals surface area contributed by atoms with Gasteiger partial charge in [-0.2, -0.15) is 0 Å². The summed E-state index contributed by atoms with van der Waals surface area (Å²) in [5.74, 6) is 0.730. The van der Waals surface area contributed by atoms with E-state index in [0.717, 1.165) is 21.7 Å². The van der Waals surface area contributed by atoms with Crippen molar-refractivity contribution in [3.8, 4) is 11.3 Å². The van der Waals surface area contributed by atoms with Gasteiger partial charge in [0.25, 0.3) is 0 Å². The molecule has 0 saturated carbocycles. The summed E-state index contributed by atoms with van der Waals surface area (Å²) in [4.78, 5) is 2.44. The second-order valence-corrected chi connectivity index (χ2v) is 9.21. The predicted molar refractivity (Wildman–Crippen MR) is 87.1 cm³/mol. The van der Waals surface area contributed by atoms with E-state index in [1.807, 2.05) is 6.07 Å². The third kappa shape index (κ3) is 3.76. The van der Waals surface area contributed by atoms with E-state index in [9.17, 15) is 0 Å². The number of nitrogens with zero attached hydrogens (tertiary/aromatic N) is 2. The Morgan fingerprint density at radius 2 is 2.00 bits per heavy atom. The number of likely N-dealkylation sites (tertiary alicyclic amines) is 1. The van der Waals surface area contributed by atoms with Gasteiger partial charge in [0.2, 0.25) is 0 Å². The molecule has 2 N–H and O–H groups in total. The van der Waals surface area contributed by atoms with Crippen LogP contribution < -0.4 is 10.1 Å². The summed E-state index contributed by atoms with van der Waals surface area (Å²) < 4.78 is 7.64. The number of piperidine rings is 1. The molecule has 112 valence electrons. The van der Waals surface area contributed by atoms with Crippen LogP contribution in [0.3, 0.4) is 0 Å². The summed E-state index contributed by atoms with van der Waals surface area (Å²) in [5.41, 5.74) is 7.53. The molecule has 1 saturated heterocycles. The number of aromatic nitrogens is 1. The fraction of sp³-hybridized carbons (Fsp3) is 0.438. The van der Waals surface area contributed by atoms with Crippen LogP contribution in [0.25, 0.3) is 11.3 Å². The summed E-state index contributed by atoms with van der Waals surface area (Å²) in [7, 11) is 2.22. The summed E-state index contributed by atoms with van der Waals surface area (Å²) in [6.45, 7) is 2.91. The van der Waals surface area contributed by atoms with E-state index in [2.05, 4.69) is 41.4 Å². The average molecular weight is 347 g/mol. The van der Waals surface area contributed by atoms with E-state index in [0.29, 0.717) is 6.54 Å². The summed E-state index contributed by atoms with van der Waals surface area (Å²) in [6, 6.07) is 10.8. The van der Waals surface area contributed by atoms with Gasteiger partial charge in [0.05, 0.1) is 0 Å². The first-order valence-electron chi connectivity index (χ1n) is 7.46.